The van der Waals surface area contributed by atoms with Crippen LogP contribution in [0, 0.1) is 0 Å². The van der Waals surface area contributed by atoms with E-state index < -0.39 is 6.04 Å². The summed E-state index contributed by atoms with van der Waals surface area (Å²) in [5, 5.41) is 2.91. The Labute approximate surface area is 179 Å². The second kappa shape index (κ2) is 10.7. The maximum Gasteiger partial charge on any atom is 0.237 e. The monoisotopic (exact) mass is 417 g/mol. The predicted octanol–water partition coefficient (Wildman–Crippen LogP) is 0.879. The number of nitrogens with one attached hydrogen (secondary N) is 3. The zero-order chi connectivity index (χ0) is 21.5. The van der Waals surface area contributed by atoms with Gasteiger partial charge in [0, 0.05) is 45.3 Å². The molecule has 0 aliphatic carbocycles. The van der Waals surface area contributed by atoms with Crippen LogP contribution in [0.5, 0.6) is 5.75 Å². The SMILES string of the molecule is CCCC1CC(CN(C)C(=O)CC2C(=O)NCCN2Cc2cccc(OC)c2)NN1. The first-order valence-corrected chi connectivity index (χ1v) is 10.9. The molecular formula is C22H35N5O3. The number of nitrogens with zero attached hydrogens (tertiary/aromatic N) is 2. The summed E-state index contributed by atoms with van der Waals surface area (Å²) in [5.74, 6) is 0.711. The normalized spacial score (nSPS) is 24.5. The van der Waals surface area contributed by atoms with Gasteiger partial charge >= 0.3 is 0 Å². The maximum absolute atomic E-state index is 12.9. The van der Waals surface area contributed by atoms with Crippen LogP contribution < -0.4 is 20.9 Å². The van der Waals surface area contributed by atoms with E-state index in [0.29, 0.717) is 25.7 Å². The lowest BCUT2D eigenvalue weighted by Crippen LogP contribution is -2.56. The van der Waals surface area contributed by atoms with Crippen molar-refractivity contribution in [1.82, 2.24) is 26.0 Å². The van der Waals surface area contributed by atoms with Crippen molar-refractivity contribution in [3.8, 4) is 5.75 Å². The number of likely N-dealkylation sites (N-methyl/N-ethyl adjacent to an activating group) is 1. The Hall–Kier alpha value is -2.16. The molecule has 2 aliphatic heterocycles. The van der Waals surface area contributed by atoms with Crippen molar-refractivity contribution in [3.63, 3.8) is 0 Å². The van der Waals surface area contributed by atoms with E-state index in [-0.39, 0.29) is 24.3 Å². The number of carbonyl (C=O) groups excluding carboxylic acids is 2. The summed E-state index contributed by atoms with van der Waals surface area (Å²) in [5.41, 5.74) is 7.68. The second-order valence-electron chi connectivity index (χ2n) is 8.31. The van der Waals surface area contributed by atoms with E-state index in [0.717, 1.165) is 37.1 Å². The molecule has 3 rings (SSSR count). The van der Waals surface area contributed by atoms with Gasteiger partial charge in [-0.3, -0.25) is 25.3 Å². The highest BCUT2D eigenvalue weighted by Gasteiger charge is 2.33. The number of amides is 2. The molecule has 2 aliphatic rings. The van der Waals surface area contributed by atoms with Crippen molar-refractivity contribution in [3.05, 3.63) is 29.8 Å². The van der Waals surface area contributed by atoms with Crippen molar-refractivity contribution in [2.24, 2.45) is 0 Å². The van der Waals surface area contributed by atoms with Crippen LogP contribution >= 0.6 is 0 Å². The number of benzene rings is 1. The van der Waals surface area contributed by atoms with Gasteiger partial charge in [-0.1, -0.05) is 25.5 Å². The number of piperazine rings is 1. The number of carbonyl (C=O) groups is 2. The van der Waals surface area contributed by atoms with Gasteiger partial charge in [0.25, 0.3) is 0 Å². The molecule has 1 aromatic rings. The molecule has 1 aromatic carbocycles. The molecule has 30 heavy (non-hydrogen) atoms. The zero-order valence-corrected chi connectivity index (χ0v) is 18.3. The predicted molar refractivity (Wildman–Crippen MR) is 116 cm³/mol. The molecule has 0 saturated carbocycles. The molecule has 2 saturated heterocycles. The van der Waals surface area contributed by atoms with Crippen molar-refractivity contribution in [2.45, 2.75) is 57.3 Å². The summed E-state index contributed by atoms with van der Waals surface area (Å²) in [4.78, 5) is 29.3. The lowest BCUT2D eigenvalue weighted by molar-refractivity contribution is -0.138. The molecule has 0 radical (unpaired) electrons. The average Bonchev–Trinajstić information content (AvgIpc) is 3.17. The summed E-state index contributed by atoms with van der Waals surface area (Å²) < 4.78 is 5.30. The molecule has 0 aromatic heterocycles. The highest BCUT2D eigenvalue weighted by Crippen LogP contribution is 2.19. The zero-order valence-electron chi connectivity index (χ0n) is 18.3. The van der Waals surface area contributed by atoms with Gasteiger partial charge < -0.3 is 15.0 Å². The third kappa shape index (κ3) is 5.93. The van der Waals surface area contributed by atoms with Gasteiger partial charge in [-0.05, 0) is 30.5 Å². The standard InChI is InChI=1S/C22H35N5O3/c1-4-6-17-12-18(25-24-17)15-26(2)21(28)13-20-22(29)23-9-10-27(20)14-16-7-5-8-19(11-16)30-3/h5,7-8,11,17-18,20,24-25H,4,6,9-10,12-15H2,1-3H3,(H,23,29). The molecule has 0 spiro atoms. The molecule has 3 atom stereocenters. The van der Waals surface area contributed by atoms with Crippen molar-refractivity contribution in [2.75, 3.05) is 33.8 Å². The number of rotatable bonds is 9. The average molecular weight is 418 g/mol. The van der Waals surface area contributed by atoms with E-state index in [2.05, 4.69) is 28.0 Å². The Balaban J connectivity index is 1.57. The summed E-state index contributed by atoms with van der Waals surface area (Å²) >= 11 is 0. The summed E-state index contributed by atoms with van der Waals surface area (Å²) in [7, 11) is 3.47. The number of methoxy groups -OCH3 is 1. The van der Waals surface area contributed by atoms with Gasteiger partial charge in [0.2, 0.25) is 11.8 Å². The number of hydrazine groups is 1. The second-order valence-corrected chi connectivity index (χ2v) is 8.31. The first-order chi connectivity index (χ1) is 14.5. The first kappa shape index (κ1) is 22.5. The van der Waals surface area contributed by atoms with Gasteiger partial charge in [0.1, 0.15) is 5.75 Å². The minimum atomic E-state index is -0.456. The fourth-order valence-corrected chi connectivity index (χ4v) is 4.29. The number of ether oxygens (including phenoxy) is 1. The van der Waals surface area contributed by atoms with Gasteiger partial charge in [-0.15, -0.1) is 0 Å². The molecule has 2 fully saturated rings. The topological polar surface area (TPSA) is 85.9 Å². The quantitative estimate of drug-likeness (QED) is 0.553. The molecule has 0 bridgehead atoms. The smallest absolute Gasteiger partial charge is 0.237 e. The molecule has 3 unspecified atom stereocenters. The van der Waals surface area contributed by atoms with Crippen LogP contribution in [0.3, 0.4) is 0 Å². The fraction of sp³-hybridized carbons (Fsp3) is 0.636. The van der Waals surface area contributed by atoms with Gasteiger partial charge in [0.15, 0.2) is 0 Å². The van der Waals surface area contributed by atoms with Crippen LogP contribution in [0.4, 0.5) is 0 Å². The lowest BCUT2D eigenvalue weighted by Gasteiger charge is -2.35. The Morgan fingerprint density at radius 3 is 2.87 bits per heavy atom. The minimum absolute atomic E-state index is 0.00608. The van der Waals surface area contributed by atoms with Crippen LogP contribution in [-0.4, -0.2) is 73.5 Å². The highest BCUT2D eigenvalue weighted by molar-refractivity contribution is 5.88. The van der Waals surface area contributed by atoms with Crippen LogP contribution in [0.1, 0.15) is 38.2 Å². The maximum atomic E-state index is 12.9. The van der Waals surface area contributed by atoms with E-state index in [4.69, 9.17) is 4.74 Å². The minimum Gasteiger partial charge on any atom is -0.497 e. The Morgan fingerprint density at radius 2 is 2.10 bits per heavy atom. The summed E-state index contributed by atoms with van der Waals surface area (Å²) in [6, 6.07) is 8.09. The van der Waals surface area contributed by atoms with Crippen molar-refractivity contribution >= 4 is 11.8 Å². The molecule has 2 amide bonds. The largest absolute Gasteiger partial charge is 0.497 e. The third-order valence-corrected chi connectivity index (χ3v) is 5.95. The van der Waals surface area contributed by atoms with Gasteiger partial charge in [0.05, 0.1) is 19.6 Å². The Morgan fingerprint density at radius 1 is 1.30 bits per heavy atom. The number of hydrogen-bond donors (Lipinski definition) is 3. The van der Waals surface area contributed by atoms with E-state index in [1.54, 1.807) is 12.0 Å². The van der Waals surface area contributed by atoms with Crippen LogP contribution in [0.15, 0.2) is 24.3 Å². The van der Waals surface area contributed by atoms with Gasteiger partial charge in [-0.25, -0.2) is 0 Å². The lowest BCUT2D eigenvalue weighted by atomic mass is 10.0. The van der Waals surface area contributed by atoms with Crippen molar-refractivity contribution in [1.29, 1.82) is 0 Å². The Kier molecular flexibility index (Phi) is 8.07. The first-order valence-electron chi connectivity index (χ1n) is 10.9. The summed E-state index contributed by atoms with van der Waals surface area (Å²) in [6.07, 6.45) is 3.46. The van der Waals surface area contributed by atoms with E-state index in [1.807, 2.05) is 31.3 Å². The van der Waals surface area contributed by atoms with E-state index >= 15 is 0 Å². The molecule has 8 nitrogen and oxygen atoms in total. The Bertz CT molecular complexity index is 728. The van der Waals surface area contributed by atoms with Crippen LogP contribution in [0.25, 0.3) is 0 Å². The molecule has 166 valence electrons. The molecule has 3 N–H and O–H groups in total. The molecule has 2 heterocycles. The molecule has 8 heteroatoms. The molecular weight excluding hydrogens is 382 g/mol. The van der Waals surface area contributed by atoms with Crippen LogP contribution in [0.2, 0.25) is 0 Å². The van der Waals surface area contributed by atoms with Crippen molar-refractivity contribution < 1.29 is 14.3 Å². The number of hydrogen-bond acceptors (Lipinski definition) is 6. The van der Waals surface area contributed by atoms with Crippen LogP contribution in [-0.2, 0) is 16.1 Å². The highest BCUT2D eigenvalue weighted by atomic mass is 16.5. The fourth-order valence-electron chi connectivity index (χ4n) is 4.29. The van der Waals surface area contributed by atoms with Gasteiger partial charge in [-0.2, -0.15) is 0 Å². The summed E-state index contributed by atoms with van der Waals surface area (Å²) in [6.45, 7) is 4.74. The van der Waals surface area contributed by atoms with E-state index in [9.17, 15) is 9.59 Å². The third-order valence-electron chi connectivity index (χ3n) is 5.95. The van der Waals surface area contributed by atoms with E-state index in [1.165, 1.54) is 0 Å².